The molecule has 13 heavy (non-hydrogen) atoms. The second-order valence-corrected chi connectivity index (χ2v) is 5.48. The van der Waals surface area contributed by atoms with Crippen LogP contribution in [0.25, 0.3) is 0 Å². The zero-order valence-corrected chi connectivity index (χ0v) is 11.1. The van der Waals surface area contributed by atoms with Gasteiger partial charge in [-0.25, -0.2) is 0 Å². The van der Waals surface area contributed by atoms with Crippen LogP contribution in [-0.2, 0) is 0 Å². The van der Waals surface area contributed by atoms with Gasteiger partial charge < -0.3 is 0 Å². The Morgan fingerprint density at radius 2 is 1.15 bits per heavy atom. The Bertz CT molecular complexity index is 95.1. The molecule has 0 saturated carbocycles. The van der Waals surface area contributed by atoms with Crippen molar-refractivity contribution in [1.82, 2.24) is 0 Å². The van der Waals surface area contributed by atoms with Gasteiger partial charge in [-0.05, 0) is 17.3 Å². The lowest BCUT2D eigenvalue weighted by Crippen LogP contribution is -2.15. The molecule has 0 heteroatoms. The molecule has 82 valence electrons. The molecule has 0 amide bonds. The molecule has 0 N–H and O–H groups in total. The molecule has 0 heterocycles. The van der Waals surface area contributed by atoms with E-state index >= 15 is 0 Å². The third-order valence-corrected chi connectivity index (χ3v) is 2.91. The van der Waals surface area contributed by atoms with E-state index in [1.165, 1.54) is 12.8 Å². The van der Waals surface area contributed by atoms with Crippen LogP contribution in [0.4, 0.5) is 0 Å². The summed E-state index contributed by atoms with van der Waals surface area (Å²) in [7, 11) is 0. The predicted octanol–water partition coefficient (Wildman–Crippen LogP) is 5.13. The highest BCUT2D eigenvalue weighted by Gasteiger charge is 2.16. The average Bonchev–Trinajstić information content (AvgIpc) is 2.02. The Hall–Kier alpha value is 0. The standard InChI is InChI=1S/C8H18.C5H12/c1-6-7(2)8(3,4)5;1-4-5(2)3/h7H,6H2,1-5H3;5H,4H2,1-3H3. The van der Waals surface area contributed by atoms with Gasteiger partial charge in [0.15, 0.2) is 0 Å². The Morgan fingerprint density at radius 1 is 0.846 bits per heavy atom. The van der Waals surface area contributed by atoms with Crippen molar-refractivity contribution in [2.24, 2.45) is 17.3 Å². The molecule has 0 aliphatic heterocycles. The fourth-order valence-corrected chi connectivity index (χ4v) is 0.612. The Morgan fingerprint density at radius 3 is 1.15 bits per heavy atom. The summed E-state index contributed by atoms with van der Waals surface area (Å²) in [5.74, 6) is 1.73. The molecular formula is C13H30. The molecule has 1 unspecified atom stereocenters. The van der Waals surface area contributed by atoms with Gasteiger partial charge >= 0.3 is 0 Å². The fourth-order valence-electron chi connectivity index (χ4n) is 0.612. The molecule has 0 aromatic heterocycles. The van der Waals surface area contributed by atoms with Crippen LogP contribution in [0.2, 0.25) is 0 Å². The van der Waals surface area contributed by atoms with Crippen molar-refractivity contribution in [2.75, 3.05) is 0 Å². The van der Waals surface area contributed by atoms with Gasteiger partial charge in [-0.1, -0.05) is 68.2 Å². The molecule has 1 atom stereocenters. The van der Waals surface area contributed by atoms with Gasteiger partial charge in [0.1, 0.15) is 0 Å². The lowest BCUT2D eigenvalue weighted by atomic mass is 9.81. The van der Waals surface area contributed by atoms with E-state index in [2.05, 4.69) is 55.4 Å². The largest absolute Gasteiger partial charge is 0.0651 e. The second kappa shape index (κ2) is 7.41. The minimum absolute atomic E-state index is 0.509. The van der Waals surface area contributed by atoms with E-state index in [-0.39, 0.29) is 0 Å². The lowest BCUT2D eigenvalue weighted by Gasteiger charge is -2.25. The second-order valence-electron chi connectivity index (χ2n) is 5.48. The molecule has 0 rings (SSSR count). The summed E-state index contributed by atoms with van der Waals surface area (Å²) in [6.45, 7) is 18.1. The van der Waals surface area contributed by atoms with E-state index in [0.29, 0.717) is 5.41 Å². The molecule has 0 bridgehead atoms. The lowest BCUT2D eigenvalue weighted by molar-refractivity contribution is 0.254. The van der Waals surface area contributed by atoms with Crippen molar-refractivity contribution in [3.63, 3.8) is 0 Å². The summed E-state index contributed by atoms with van der Waals surface area (Å²) in [4.78, 5) is 0. The van der Waals surface area contributed by atoms with Gasteiger partial charge in [0, 0.05) is 0 Å². The molecule has 0 aliphatic rings. The van der Waals surface area contributed by atoms with Gasteiger partial charge in [-0.15, -0.1) is 0 Å². The van der Waals surface area contributed by atoms with Crippen LogP contribution in [0.5, 0.6) is 0 Å². The third kappa shape index (κ3) is 12.0. The minimum Gasteiger partial charge on any atom is -0.0651 e. The maximum Gasteiger partial charge on any atom is -0.0357 e. The normalized spacial score (nSPS) is 13.6. The van der Waals surface area contributed by atoms with E-state index in [4.69, 9.17) is 0 Å². The summed E-state index contributed by atoms with van der Waals surface area (Å²) >= 11 is 0. The van der Waals surface area contributed by atoms with Gasteiger partial charge in [0.05, 0.1) is 0 Å². The predicted molar refractivity (Wildman–Crippen MR) is 64.0 cm³/mol. The van der Waals surface area contributed by atoms with Gasteiger partial charge in [-0.2, -0.15) is 0 Å². The average molecular weight is 186 g/mol. The quantitative estimate of drug-likeness (QED) is 0.561. The van der Waals surface area contributed by atoms with Crippen LogP contribution in [-0.4, -0.2) is 0 Å². The minimum atomic E-state index is 0.509. The van der Waals surface area contributed by atoms with Crippen LogP contribution in [0.1, 0.15) is 68.2 Å². The Kier molecular flexibility index (Phi) is 8.82. The van der Waals surface area contributed by atoms with Crippen LogP contribution in [0.3, 0.4) is 0 Å². The smallest absolute Gasteiger partial charge is 0.0357 e. The molecule has 0 nitrogen and oxygen atoms in total. The van der Waals surface area contributed by atoms with Crippen LogP contribution in [0, 0.1) is 17.3 Å². The van der Waals surface area contributed by atoms with Crippen molar-refractivity contribution >= 4 is 0 Å². The van der Waals surface area contributed by atoms with E-state index < -0.39 is 0 Å². The van der Waals surface area contributed by atoms with Crippen LogP contribution < -0.4 is 0 Å². The summed E-state index contributed by atoms with van der Waals surface area (Å²) < 4.78 is 0. The van der Waals surface area contributed by atoms with Crippen molar-refractivity contribution < 1.29 is 0 Å². The van der Waals surface area contributed by atoms with Gasteiger partial charge in [0.2, 0.25) is 0 Å². The van der Waals surface area contributed by atoms with Crippen LogP contribution >= 0.6 is 0 Å². The Balaban J connectivity index is 0. The molecule has 0 aromatic carbocycles. The number of rotatable bonds is 2. The topological polar surface area (TPSA) is 0 Å². The highest BCUT2D eigenvalue weighted by molar-refractivity contribution is 4.67. The number of hydrogen-bond donors (Lipinski definition) is 0. The SMILES string of the molecule is CCC(C)C.CCC(C)C(C)(C)C. The van der Waals surface area contributed by atoms with Crippen molar-refractivity contribution in [2.45, 2.75) is 68.2 Å². The van der Waals surface area contributed by atoms with Gasteiger partial charge in [-0.3, -0.25) is 0 Å². The summed E-state index contributed by atoms with van der Waals surface area (Å²) in [6.07, 6.45) is 2.60. The third-order valence-electron chi connectivity index (χ3n) is 2.91. The van der Waals surface area contributed by atoms with Crippen molar-refractivity contribution in [3.05, 3.63) is 0 Å². The molecule has 0 saturated heterocycles. The molecule has 0 radical (unpaired) electrons. The Labute approximate surface area is 86.1 Å². The first-order chi connectivity index (χ1) is 5.75. The first kappa shape index (κ1) is 15.5. The number of hydrogen-bond acceptors (Lipinski definition) is 0. The van der Waals surface area contributed by atoms with E-state index in [1.54, 1.807) is 0 Å². The summed E-state index contributed by atoms with van der Waals surface area (Å²) in [5.41, 5.74) is 0.509. The molecule has 0 fully saturated rings. The molecule has 0 aromatic rings. The zero-order valence-electron chi connectivity index (χ0n) is 11.1. The summed E-state index contributed by atoms with van der Waals surface area (Å²) in [6, 6.07) is 0. The fraction of sp³-hybridized carbons (Fsp3) is 1.00. The first-order valence-corrected chi connectivity index (χ1v) is 5.75. The van der Waals surface area contributed by atoms with Crippen molar-refractivity contribution in [1.29, 1.82) is 0 Å². The van der Waals surface area contributed by atoms with Crippen LogP contribution in [0.15, 0.2) is 0 Å². The molecular weight excluding hydrogens is 156 g/mol. The maximum atomic E-state index is 2.31. The molecule has 0 aliphatic carbocycles. The highest BCUT2D eigenvalue weighted by atomic mass is 14.2. The highest BCUT2D eigenvalue weighted by Crippen LogP contribution is 2.27. The van der Waals surface area contributed by atoms with E-state index in [0.717, 1.165) is 11.8 Å². The summed E-state index contributed by atoms with van der Waals surface area (Å²) in [5, 5.41) is 0. The van der Waals surface area contributed by atoms with Gasteiger partial charge in [0.25, 0.3) is 0 Å². The monoisotopic (exact) mass is 186 g/mol. The zero-order chi connectivity index (χ0) is 11.1. The van der Waals surface area contributed by atoms with E-state index in [1.807, 2.05) is 0 Å². The molecule has 0 spiro atoms. The first-order valence-electron chi connectivity index (χ1n) is 5.75. The maximum absolute atomic E-state index is 2.31. The van der Waals surface area contributed by atoms with E-state index in [9.17, 15) is 0 Å². The van der Waals surface area contributed by atoms with Crippen molar-refractivity contribution in [3.8, 4) is 0 Å².